The molecule has 1 aliphatic carbocycles. The number of fused-ring (bicyclic) bond motifs is 3. The molecule has 1 aromatic carbocycles. The van der Waals surface area contributed by atoms with Crippen molar-refractivity contribution in [2.45, 2.75) is 71.1 Å². The van der Waals surface area contributed by atoms with Crippen molar-refractivity contribution in [3.8, 4) is 11.4 Å². The Morgan fingerprint density at radius 1 is 1.17 bits per heavy atom. The highest BCUT2D eigenvalue weighted by molar-refractivity contribution is 6.09. The van der Waals surface area contributed by atoms with Crippen molar-refractivity contribution < 1.29 is 4.79 Å². The summed E-state index contributed by atoms with van der Waals surface area (Å²) in [5.41, 5.74) is 7.28. The van der Waals surface area contributed by atoms with Crippen LogP contribution < -0.4 is 4.90 Å². The summed E-state index contributed by atoms with van der Waals surface area (Å²) in [5.74, 6) is 1.11. The van der Waals surface area contributed by atoms with Crippen LogP contribution in [-0.2, 0) is 23.1 Å². The minimum absolute atomic E-state index is 0.199. The van der Waals surface area contributed by atoms with E-state index in [1.807, 2.05) is 24.9 Å². The standard InChI is InChI=1S/C25H30N4O/c1-4-5-8-13-29-22-15-21-20(14-18(22)25(2,3)24(29)30)27-23(28-21)17-11-12-26-19-10-7-6-9-16(17)19/h11-12,14-15H,4-10,13H2,1-3H3,(H,27,28). The van der Waals surface area contributed by atoms with Gasteiger partial charge in [0.1, 0.15) is 5.82 Å². The third kappa shape index (κ3) is 2.94. The van der Waals surface area contributed by atoms with E-state index in [0.29, 0.717) is 0 Å². The molecule has 30 heavy (non-hydrogen) atoms. The number of imidazole rings is 1. The number of carbonyl (C=O) groups is 1. The van der Waals surface area contributed by atoms with E-state index in [1.54, 1.807) is 0 Å². The van der Waals surface area contributed by atoms with Crippen molar-refractivity contribution in [3.05, 3.63) is 41.2 Å². The molecule has 0 unspecified atom stereocenters. The highest BCUT2D eigenvalue weighted by Crippen LogP contribution is 2.44. The Morgan fingerprint density at radius 3 is 2.83 bits per heavy atom. The number of aromatic amines is 1. The van der Waals surface area contributed by atoms with Gasteiger partial charge in [-0.1, -0.05) is 19.8 Å². The van der Waals surface area contributed by atoms with Gasteiger partial charge in [0.2, 0.25) is 5.91 Å². The van der Waals surface area contributed by atoms with Gasteiger partial charge in [0.05, 0.1) is 22.1 Å². The van der Waals surface area contributed by atoms with Crippen LogP contribution in [0.5, 0.6) is 0 Å². The smallest absolute Gasteiger partial charge is 0.237 e. The first-order valence-electron chi connectivity index (χ1n) is 11.3. The van der Waals surface area contributed by atoms with Crippen molar-refractivity contribution in [1.29, 1.82) is 0 Å². The number of aromatic nitrogens is 3. The number of hydrogen-bond donors (Lipinski definition) is 1. The zero-order valence-corrected chi connectivity index (χ0v) is 18.2. The first-order valence-corrected chi connectivity index (χ1v) is 11.3. The van der Waals surface area contributed by atoms with Gasteiger partial charge >= 0.3 is 0 Å². The molecule has 0 bridgehead atoms. The number of nitrogens with zero attached hydrogens (tertiary/aromatic N) is 3. The summed E-state index contributed by atoms with van der Waals surface area (Å²) in [6.45, 7) is 7.05. The molecule has 5 rings (SSSR count). The maximum absolute atomic E-state index is 13.1. The minimum atomic E-state index is -0.509. The Kier molecular flexibility index (Phi) is 4.64. The fourth-order valence-corrected chi connectivity index (χ4v) is 5.05. The number of rotatable bonds is 5. The molecule has 1 N–H and O–H groups in total. The number of nitrogens with one attached hydrogen (secondary N) is 1. The predicted octanol–water partition coefficient (Wildman–Crippen LogP) is 5.32. The predicted molar refractivity (Wildman–Crippen MR) is 121 cm³/mol. The van der Waals surface area contributed by atoms with Crippen molar-refractivity contribution in [2.24, 2.45) is 0 Å². The Bertz CT molecular complexity index is 1130. The normalized spacial score (nSPS) is 17.4. The van der Waals surface area contributed by atoms with Gasteiger partial charge in [-0.25, -0.2) is 4.98 Å². The lowest BCUT2D eigenvalue weighted by atomic mass is 9.86. The molecule has 5 heteroatoms. The summed E-state index contributed by atoms with van der Waals surface area (Å²) in [6.07, 6.45) is 9.79. The fraction of sp³-hybridized carbons (Fsp3) is 0.480. The molecule has 1 aliphatic heterocycles. The number of carbonyl (C=O) groups excluding carboxylic acids is 1. The van der Waals surface area contributed by atoms with Crippen LogP contribution in [0.3, 0.4) is 0 Å². The molecule has 3 heterocycles. The van der Waals surface area contributed by atoms with Crippen LogP contribution in [0.2, 0.25) is 0 Å². The number of benzene rings is 1. The molecule has 0 atom stereocenters. The summed E-state index contributed by atoms with van der Waals surface area (Å²) in [4.78, 5) is 28.2. The van der Waals surface area contributed by atoms with Gasteiger partial charge in [0, 0.05) is 24.0 Å². The first kappa shape index (κ1) is 19.3. The summed E-state index contributed by atoms with van der Waals surface area (Å²) >= 11 is 0. The number of hydrogen-bond acceptors (Lipinski definition) is 3. The van der Waals surface area contributed by atoms with E-state index >= 15 is 0 Å². The molecule has 1 amide bonds. The highest BCUT2D eigenvalue weighted by Gasteiger charge is 2.44. The highest BCUT2D eigenvalue weighted by atomic mass is 16.2. The van der Waals surface area contributed by atoms with E-state index in [1.165, 1.54) is 29.7 Å². The first-order chi connectivity index (χ1) is 14.5. The van der Waals surface area contributed by atoms with Crippen LogP contribution in [0.15, 0.2) is 24.4 Å². The van der Waals surface area contributed by atoms with Gasteiger partial charge in [-0.05, 0) is 75.3 Å². The summed E-state index contributed by atoms with van der Waals surface area (Å²) in [6, 6.07) is 6.34. The van der Waals surface area contributed by atoms with Gasteiger partial charge in [-0.2, -0.15) is 0 Å². The Morgan fingerprint density at radius 2 is 2.00 bits per heavy atom. The molecule has 0 saturated carbocycles. The lowest BCUT2D eigenvalue weighted by Crippen LogP contribution is -2.36. The molecular formula is C25H30N4O. The Labute approximate surface area is 177 Å². The largest absolute Gasteiger partial charge is 0.338 e. The van der Waals surface area contributed by atoms with E-state index in [2.05, 4.69) is 35.1 Å². The molecule has 0 saturated heterocycles. The van der Waals surface area contributed by atoms with Gasteiger partial charge < -0.3 is 9.88 Å². The zero-order valence-electron chi connectivity index (χ0n) is 18.2. The van der Waals surface area contributed by atoms with Crippen LogP contribution >= 0.6 is 0 Å². The van der Waals surface area contributed by atoms with E-state index in [9.17, 15) is 4.79 Å². The van der Waals surface area contributed by atoms with Crippen LogP contribution in [-0.4, -0.2) is 27.4 Å². The van der Waals surface area contributed by atoms with Crippen LogP contribution in [0.1, 0.15) is 69.7 Å². The maximum Gasteiger partial charge on any atom is 0.237 e. The van der Waals surface area contributed by atoms with Crippen molar-refractivity contribution in [1.82, 2.24) is 15.0 Å². The van der Waals surface area contributed by atoms with Crippen molar-refractivity contribution >= 4 is 22.6 Å². The molecule has 5 nitrogen and oxygen atoms in total. The number of pyridine rings is 1. The third-order valence-corrected chi connectivity index (χ3v) is 6.82. The third-order valence-electron chi connectivity index (χ3n) is 6.82. The topological polar surface area (TPSA) is 61.9 Å². The molecule has 2 aliphatic rings. The van der Waals surface area contributed by atoms with E-state index in [4.69, 9.17) is 4.98 Å². The van der Waals surface area contributed by atoms with E-state index < -0.39 is 5.41 Å². The molecular weight excluding hydrogens is 372 g/mol. The summed E-state index contributed by atoms with van der Waals surface area (Å²) in [7, 11) is 0. The monoisotopic (exact) mass is 402 g/mol. The summed E-state index contributed by atoms with van der Waals surface area (Å²) < 4.78 is 0. The molecule has 0 radical (unpaired) electrons. The van der Waals surface area contributed by atoms with Gasteiger partial charge in [-0.15, -0.1) is 0 Å². The number of unbranched alkanes of at least 4 members (excludes halogenated alkanes) is 2. The SMILES string of the molecule is CCCCCN1C(=O)C(C)(C)c2cc3nc(-c4ccnc5c4CCCC5)[nH]c3cc21. The summed E-state index contributed by atoms with van der Waals surface area (Å²) in [5, 5.41) is 0. The second-order valence-corrected chi connectivity index (χ2v) is 9.25. The zero-order chi connectivity index (χ0) is 20.9. The molecule has 3 aromatic rings. The number of aryl methyl sites for hydroxylation is 1. The van der Waals surface area contributed by atoms with E-state index in [-0.39, 0.29) is 5.91 Å². The van der Waals surface area contributed by atoms with Crippen molar-refractivity contribution in [3.63, 3.8) is 0 Å². The Hall–Kier alpha value is -2.69. The lowest BCUT2D eigenvalue weighted by molar-refractivity contribution is -0.122. The second kappa shape index (κ2) is 7.22. The number of H-pyrrole nitrogens is 1. The fourth-order valence-electron chi connectivity index (χ4n) is 5.05. The second-order valence-electron chi connectivity index (χ2n) is 9.25. The Balaban J connectivity index is 1.59. The van der Waals surface area contributed by atoms with Crippen molar-refractivity contribution in [2.75, 3.05) is 11.4 Å². The molecule has 0 fully saturated rings. The number of anilines is 1. The molecule has 156 valence electrons. The molecule has 0 spiro atoms. The number of amides is 1. The average molecular weight is 403 g/mol. The molecule has 2 aromatic heterocycles. The maximum atomic E-state index is 13.1. The average Bonchev–Trinajstić information content (AvgIpc) is 3.24. The lowest BCUT2D eigenvalue weighted by Gasteiger charge is -2.20. The van der Waals surface area contributed by atoms with Gasteiger partial charge in [0.15, 0.2) is 0 Å². The minimum Gasteiger partial charge on any atom is -0.338 e. The van der Waals surface area contributed by atoms with E-state index in [0.717, 1.165) is 66.8 Å². The van der Waals surface area contributed by atoms with Crippen LogP contribution in [0, 0.1) is 0 Å². The van der Waals surface area contributed by atoms with Gasteiger partial charge in [-0.3, -0.25) is 9.78 Å². The van der Waals surface area contributed by atoms with Crippen LogP contribution in [0.25, 0.3) is 22.4 Å². The van der Waals surface area contributed by atoms with Crippen LogP contribution in [0.4, 0.5) is 5.69 Å². The quantitative estimate of drug-likeness (QED) is 0.588. The van der Waals surface area contributed by atoms with Gasteiger partial charge in [0.25, 0.3) is 0 Å².